The minimum Gasteiger partial charge on any atom is -0.353 e. The molecular formula is C20H23N5O. The monoisotopic (exact) mass is 349 g/mol. The van der Waals surface area contributed by atoms with Crippen molar-refractivity contribution in [2.24, 2.45) is 0 Å². The Bertz CT molecular complexity index is 902. The molecule has 0 aliphatic carbocycles. The van der Waals surface area contributed by atoms with Gasteiger partial charge in [-0.25, -0.2) is 0 Å². The molecule has 0 spiro atoms. The van der Waals surface area contributed by atoms with E-state index in [0.717, 1.165) is 43.1 Å². The van der Waals surface area contributed by atoms with Gasteiger partial charge < -0.3 is 14.4 Å². The highest BCUT2D eigenvalue weighted by molar-refractivity contribution is 5.83. The highest BCUT2D eigenvalue weighted by Crippen LogP contribution is 2.16. The zero-order chi connectivity index (χ0) is 17.9. The number of hydrogen-bond acceptors (Lipinski definition) is 4. The Hall–Kier alpha value is -2.89. The smallest absolute Gasteiger partial charge is 0.242 e. The Kier molecular flexibility index (Phi) is 4.56. The molecule has 1 aliphatic rings. The third-order valence-electron chi connectivity index (χ3n) is 4.94. The fourth-order valence-corrected chi connectivity index (χ4v) is 3.48. The molecule has 2 aromatic heterocycles. The average molecular weight is 349 g/mol. The standard InChI is InChI=1S/C20H23N5O/c1-16-7-8-19(22-21-16)23-10-4-11-24(14-13-23)20(26)15-25-12-9-17-5-2-3-6-18(17)25/h2-3,5-9,12H,4,10-11,13-15H2,1H3. The molecule has 0 bridgehead atoms. The minimum atomic E-state index is 0.170. The lowest BCUT2D eigenvalue weighted by Gasteiger charge is -2.23. The van der Waals surface area contributed by atoms with Crippen LogP contribution in [-0.4, -0.2) is 51.8 Å². The predicted molar refractivity (Wildman–Crippen MR) is 102 cm³/mol. The molecule has 6 nitrogen and oxygen atoms in total. The van der Waals surface area contributed by atoms with E-state index in [-0.39, 0.29) is 5.91 Å². The molecule has 6 heteroatoms. The van der Waals surface area contributed by atoms with E-state index in [1.165, 1.54) is 5.39 Å². The van der Waals surface area contributed by atoms with Gasteiger partial charge in [0.2, 0.25) is 5.91 Å². The van der Waals surface area contributed by atoms with Gasteiger partial charge in [-0.05, 0) is 43.0 Å². The molecule has 3 heterocycles. The van der Waals surface area contributed by atoms with Crippen LogP contribution in [0.3, 0.4) is 0 Å². The molecule has 0 atom stereocenters. The van der Waals surface area contributed by atoms with Crippen LogP contribution in [0, 0.1) is 6.92 Å². The zero-order valence-electron chi connectivity index (χ0n) is 15.0. The van der Waals surface area contributed by atoms with Crippen LogP contribution < -0.4 is 4.90 Å². The first-order chi connectivity index (χ1) is 12.7. The zero-order valence-corrected chi connectivity index (χ0v) is 15.0. The van der Waals surface area contributed by atoms with E-state index >= 15 is 0 Å². The van der Waals surface area contributed by atoms with Crippen LogP contribution in [0.15, 0.2) is 48.7 Å². The molecule has 0 unspecified atom stereocenters. The Morgan fingerprint density at radius 1 is 1.00 bits per heavy atom. The van der Waals surface area contributed by atoms with E-state index in [4.69, 9.17) is 0 Å². The summed E-state index contributed by atoms with van der Waals surface area (Å²) in [6.07, 6.45) is 2.93. The second-order valence-corrected chi connectivity index (χ2v) is 6.76. The van der Waals surface area contributed by atoms with Gasteiger partial charge in [0.1, 0.15) is 6.54 Å². The maximum absolute atomic E-state index is 12.8. The van der Waals surface area contributed by atoms with Gasteiger partial charge in [-0.2, -0.15) is 5.10 Å². The lowest BCUT2D eigenvalue weighted by atomic mass is 10.2. The summed E-state index contributed by atoms with van der Waals surface area (Å²) >= 11 is 0. The first-order valence-corrected chi connectivity index (χ1v) is 9.08. The normalized spacial score (nSPS) is 15.3. The van der Waals surface area contributed by atoms with Gasteiger partial charge in [-0.1, -0.05) is 18.2 Å². The Labute approximate surface area is 153 Å². The predicted octanol–water partition coefficient (Wildman–Crippen LogP) is 2.48. The highest BCUT2D eigenvalue weighted by Gasteiger charge is 2.20. The van der Waals surface area contributed by atoms with E-state index in [2.05, 4.69) is 33.3 Å². The number of aryl methyl sites for hydroxylation is 1. The third-order valence-corrected chi connectivity index (χ3v) is 4.94. The molecule has 0 radical (unpaired) electrons. The van der Waals surface area contributed by atoms with Gasteiger partial charge >= 0.3 is 0 Å². The Morgan fingerprint density at radius 2 is 1.88 bits per heavy atom. The number of nitrogens with zero attached hydrogens (tertiary/aromatic N) is 5. The molecule has 1 aromatic carbocycles. The van der Waals surface area contributed by atoms with Crippen LogP contribution in [0.5, 0.6) is 0 Å². The number of hydrogen-bond donors (Lipinski definition) is 0. The van der Waals surface area contributed by atoms with Gasteiger partial charge in [0.25, 0.3) is 0 Å². The molecule has 134 valence electrons. The van der Waals surface area contributed by atoms with Crippen LogP contribution in [0.2, 0.25) is 0 Å². The Balaban J connectivity index is 1.42. The largest absolute Gasteiger partial charge is 0.353 e. The first kappa shape index (κ1) is 16.6. The topological polar surface area (TPSA) is 54.3 Å². The summed E-state index contributed by atoms with van der Waals surface area (Å²) in [6.45, 7) is 5.51. The number of fused-ring (bicyclic) bond motifs is 1. The number of carbonyl (C=O) groups excluding carboxylic acids is 1. The van der Waals surface area contributed by atoms with E-state index < -0.39 is 0 Å². The lowest BCUT2D eigenvalue weighted by Crippen LogP contribution is -2.37. The molecule has 1 aliphatic heterocycles. The molecule has 1 amide bonds. The fourth-order valence-electron chi connectivity index (χ4n) is 3.48. The van der Waals surface area contributed by atoms with Gasteiger partial charge in [0, 0.05) is 37.9 Å². The van der Waals surface area contributed by atoms with Gasteiger partial charge in [0.15, 0.2) is 5.82 Å². The van der Waals surface area contributed by atoms with Crippen LogP contribution in [0.4, 0.5) is 5.82 Å². The van der Waals surface area contributed by atoms with Crippen molar-refractivity contribution in [3.63, 3.8) is 0 Å². The number of amides is 1. The highest BCUT2D eigenvalue weighted by atomic mass is 16.2. The number of carbonyl (C=O) groups is 1. The summed E-state index contributed by atoms with van der Waals surface area (Å²) in [4.78, 5) is 17.0. The van der Waals surface area contributed by atoms with Gasteiger partial charge in [-0.3, -0.25) is 4.79 Å². The van der Waals surface area contributed by atoms with Gasteiger partial charge in [0.05, 0.1) is 5.69 Å². The number of anilines is 1. The number of benzene rings is 1. The molecule has 0 saturated carbocycles. The fraction of sp³-hybridized carbons (Fsp3) is 0.350. The van der Waals surface area contributed by atoms with Crippen molar-refractivity contribution in [1.82, 2.24) is 19.7 Å². The third kappa shape index (κ3) is 3.40. The maximum atomic E-state index is 12.8. The molecular weight excluding hydrogens is 326 g/mol. The molecule has 0 N–H and O–H groups in total. The van der Waals surface area contributed by atoms with Crippen molar-refractivity contribution < 1.29 is 4.79 Å². The minimum absolute atomic E-state index is 0.170. The molecule has 26 heavy (non-hydrogen) atoms. The summed E-state index contributed by atoms with van der Waals surface area (Å²) in [5.74, 6) is 1.06. The van der Waals surface area contributed by atoms with Crippen LogP contribution in [0.1, 0.15) is 12.1 Å². The summed E-state index contributed by atoms with van der Waals surface area (Å²) in [5, 5.41) is 9.59. The number of rotatable bonds is 3. The Morgan fingerprint density at radius 3 is 2.73 bits per heavy atom. The van der Waals surface area contributed by atoms with Crippen molar-refractivity contribution in [1.29, 1.82) is 0 Å². The van der Waals surface area contributed by atoms with Crippen molar-refractivity contribution in [2.45, 2.75) is 19.9 Å². The van der Waals surface area contributed by atoms with Crippen LogP contribution in [0.25, 0.3) is 10.9 Å². The summed E-state index contributed by atoms with van der Waals surface area (Å²) in [6, 6.07) is 14.2. The molecule has 1 saturated heterocycles. The SMILES string of the molecule is Cc1ccc(N2CCCN(C(=O)Cn3ccc4ccccc43)CC2)nn1. The maximum Gasteiger partial charge on any atom is 0.242 e. The van der Waals surface area contributed by atoms with Crippen LogP contribution in [-0.2, 0) is 11.3 Å². The quantitative estimate of drug-likeness (QED) is 0.729. The van der Waals surface area contributed by atoms with Crippen molar-refractivity contribution >= 4 is 22.6 Å². The first-order valence-electron chi connectivity index (χ1n) is 9.08. The number of aromatic nitrogens is 3. The number of para-hydroxylation sites is 1. The molecule has 4 rings (SSSR count). The second kappa shape index (κ2) is 7.15. The molecule has 1 fully saturated rings. The summed E-state index contributed by atoms with van der Waals surface area (Å²) in [7, 11) is 0. The van der Waals surface area contributed by atoms with E-state index in [1.54, 1.807) is 0 Å². The summed E-state index contributed by atoms with van der Waals surface area (Å²) in [5.41, 5.74) is 2.02. The average Bonchev–Trinajstić information content (AvgIpc) is 2.89. The van der Waals surface area contributed by atoms with E-state index in [9.17, 15) is 4.79 Å². The van der Waals surface area contributed by atoms with Crippen molar-refractivity contribution in [3.8, 4) is 0 Å². The van der Waals surface area contributed by atoms with Crippen molar-refractivity contribution in [2.75, 3.05) is 31.1 Å². The van der Waals surface area contributed by atoms with Gasteiger partial charge in [-0.15, -0.1) is 5.10 Å². The van der Waals surface area contributed by atoms with Crippen LogP contribution >= 0.6 is 0 Å². The van der Waals surface area contributed by atoms with Crippen molar-refractivity contribution in [3.05, 3.63) is 54.4 Å². The lowest BCUT2D eigenvalue weighted by molar-refractivity contribution is -0.131. The summed E-state index contributed by atoms with van der Waals surface area (Å²) < 4.78 is 2.03. The molecule has 3 aromatic rings. The van der Waals surface area contributed by atoms with E-state index in [1.807, 2.05) is 46.9 Å². The van der Waals surface area contributed by atoms with E-state index in [0.29, 0.717) is 13.1 Å². The second-order valence-electron chi connectivity index (χ2n) is 6.76.